The zero-order chi connectivity index (χ0) is 6.46. The zero-order valence-corrected chi connectivity index (χ0v) is 5.90. The summed E-state index contributed by atoms with van der Waals surface area (Å²) in [6.07, 6.45) is 2.76. The van der Waals surface area contributed by atoms with Crippen molar-refractivity contribution in [2.24, 2.45) is 35.5 Å². The van der Waals surface area contributed by atoms with Crippen molar-refractivity contribution >= 4 is 0 Å². The third-order valence-corrected chi connectivity index (χ3v) is 4.78. The minimum Gasteiger partial charge on any atom is -0.393 e. The molecule has 5 fully saturated rings. The summed E-state index contributed by atoms with van der Waals surface area (Å²) in [5, 5.41) is 9.61. The second-order valence-corrected chi connectivity index (χ2v) is 4.76. The molecule has 0 unspecified atom stereocenters. The lowest BCUT2D eigenvalue weighted by atomic mass is 9.98. The summed E-state index contributed by atoms with van der Waals surface area (Å²) in [5.74, 6) is 5.96. The van der Waals surface area contributed by atoms with Gasteiger partial charge in [-0.2, -0.15) is 0 Å². The van der Waals surface area contributed by atoms with Crippen LogP contribution in [-0.2, 0) is 0 Å². The van der Waals surface area contributed by atoms with Gasteiger partial charge in [0.2, 0.25) is 0 Å². The van der Waals surface area contributed by atoms with Crippen molar-refractivity contribution in [3.63, 3.8) is 0 Å². The molecule has 10 heavy (non-hydrogen) atoms. The highest BCUT2D eigenvalue weighted by molar-refractivity contribution is 5.25. The summed E-state index contributed by atoms with van der Waals surface area (Å²) < 4.78 is 0. The molecule has 0 aromatic heterocycles. The maximum atomic E-state index is 9.61. The van der Waals surface area contributed by atoms with Crippen LogP contribution in [0.25, 0.3) is 0 Å². The van der Waals surface area contributed by atoms with Crippen LogP contribution in [0.15, 0.2) is 0 Å². The molecule has 1 N–H and O–H groups in total. The summed E-state index contributed by atoms with van der Waals surface area (Å²) in [7, 11) is 0. The van der Waals surface area contributed by atoms with Crippen LogP contribution in [0.1, 0.15) is 12.8 Å². The van der Waals surface area contributed by atoms with Crippen LogP contribution in [0.4, 0.5) is 0 Å². The highest BCUT2D eigenvalue weighted by Crippen LogP contribution is 2.80. The van der Waals surface area contributed by atoms with E-state index < -0.39 is 0 Å². The Bertz CT molecular complexity index is 213. The highest BCUT2D eigenvalue weighted by Gasteiger charge is 2.77. The number of rotatable bonds is 0. The van der Waals surface area contributed by atoms with E-state index in [0.717, 1.165) is 41.9 Å². The first-order chi connectivity index (χ1) is 4.88. The van der Waals surface area contributed by atoms with Gasteiger partial charge in [0.25, 0.3) is 0 Å². The first-order valence-electron chi connectivity index (χ1n) is 4.56. The molecule has 0 aliphatic heterocycles. The van der Waals surface area contributed by atoms with Gasteiger partial charge in [-0.05, 0) is 48.3 Å². The summed E-state index contributed by atoms with van der Waals surface area (Å²) in [5.41, 5.74) is 0. The van der Waals surface area contributed by atoms with Crippen LogP contribution in [0.2, 0.25) is 0 Å². The van der Waals surface area contributed by atoms with E-state index in [1.54, 1.807) is 0 Å². The molecule has 5 rings (SSSR count). The molecule has 0 radical (unpaired) electrons. The molecule has 7 atom stereocenters. The smallest absolute Gasteiger partial charge is 0.0576 e. The fraction of sp³-hybridized carbons (Fsp3) is 1.00. The van der Waals surface area contributed by atoms with Gasteiger partial charge in [0, 0.05) is 0 Å². The van der Waals surface area contributed by atoms with Crippen LogP contribution < -0.4 is 0 Å². The molecule has 0 amide bonds. The Labute approximate surface area is 60.4 Å². The van der Waals surface area contributed by atoms with Crippen molar-refractivity contribution in [2.75, 3.05) is 0 Å². The van der Waals surface area contributed by atoms with Crippen molar-refractivity contribution < 1.29 is 5.11 Å². The van der Waals surface area contributed by atoms with E-state index in [1.807, 2.05) is 0 Å². The van der Waals surface area contributed by atoms with E-state index in [-0.39, 0.29) is 6.10 Å². The van der Waals surface area contributed by atoms with Crippen LogP contribution in [0, 0.1) is 35.5 Å². The summed E-state index contributed by atoms with van der Waals surface area (Å²) in [6, 6.07) is 0. The normalized spacial score (nSPS) is 80.7. The van der Waals surface area contributed by atoms with Gasteiger partial charge in [0.05, 0.1) is 6.10 Å². The monoisotopic (exact) mass is 136 g/mol. The molecule has 0 heterocycles. The quantitative estimate of drug-likeness (QED) is 0.524. The lowest BCUT2D eigenvalue weighted by Crippen LogP contribution is -2.18. The topological polar surface area (TPSA) is 20.2 Å². The van der Waals surface area contributed by atoms with Crippen LogP contribution in [-0.4, -0.2) is 11.2 Å². The van der Waals surface area contributed by atoms with Gasteiger partial charge < -0.3 is 5.11 Å². The Kier molecular flexibility index (Phi) is 0.513. The summed E-state index contributed by atoms with van der Waals surface area (Å²) >= 11 is 0. The predicted molar refractivity (Wildman–Crippen MR) is 36.2 cm³/mol. The van der Waals surface area contributed by atoms with E-state index in [9.17, 15) is 5.11 Å². The number of hydrogen-bond acceptors (Lipinski definition) is 1. The van der Waals surface area contributed by atoms with Crippen molar-refractivity contribution in [2.45, 2.75) is 18.9 Å². The SMILES string of the molecule is O[C@H]1C[C@@H]2[C@H]3C[C@H]4[C@@H]2[C@@H]4[C@H]31. The minimum atomic E-state index is 0.115. The lowest BCUT2D eigenvalue weighted by molar-refractivity contribution is 0.104. The average Bonchev–Trinajstić information content (AvgIpc) is 2.34. The van der Waals surface area contributed by atoms with E-state index >= 15 is 0 Å². The predicted octanol–water partition coefficient (Wildman–Crippen LogP) is 0.879. The van der Waals surface area contributed by atoms with Crippen LogP contribution in [0.3, 0.4) is 0 Å². The second-order valence-electron chi connectivity index (χ2n) is 4.76. The number of hydrogen-bond donors (Lipinski definition) is 1. The van der Waals surface area contributed by atoms with E-state index in [0.29, 0.717) is 0 Å². The molecular formula is C9H12O. The molecule has 0 spiro atoms. The summed E-state index contributed by atoms with van der Waals surface area (Å²) in [6.45, 7) is 0. The van der Waals surface area contributed by atoms with E-state index in [2.05, 4.69) is 0 Å². The van der Waals surface area contributed by atoms with Crippen LogP contribution >= 0.6 is 0 Å². The average molecular weight is 136 g/mol. The fourth-order valence-electron chi connectivity index (χ4n) is 4.70. The number of aliphatic hydroxyl groups excluding tert-OH is 1. The van der Waals surface area contributed by atoms with Gasteiger partial charge in [-0.15, -0.1) is 0 Å². The molecule has 0 aromatic carbocycles. The lowest BCUT2D eigenvalue weighted by Gasteiger charge is -2.14. The van der Waals surface area contributed by atoms with E-state index in [4.69, 9.17) is 0 Å². The molecule has 1 heteroatoms. The first kappa shape index (κ1) is 4.76. The zero-order valence-electron chi connectivity index (χ0n) is 5.90. The molecule has 0 saturated heterocycles. The van der Waals surface area contributed by atoms with Gasteiger partial charge in [0.15, 0.2) is 0 Å². The standard InChI is InChI=1S/C9H12O/c10-6-2-4-3-1-5-7(4)9(5)8(3)6/h3-10H,1-2H2/t3-,4-,5+,6+,7-,8-,9-/m1/s1. The third-order valence-electron chi connectivity index (χ3n) is 4.78. The minimum absolute atomic E-state index is 0.115. The third kappa shape index (κ3) is 0.268. The van der Waals surface area contributed by atoms with Gasteiger partial charge >= 0.3 is 0 Å². The van der Waals surface area contributed by atoms with Crippen molar-refractivity contribution in [1.29, 1.82) is 0 Å². The Balaban J connectivity index is 1.93. The Hall–Kier alpha value is -0.0400. The Morgan fingerprint density at radius 3 is 2.10 bits per heavy atom. The summed E-state index contributed by atoms with van der Waals surface area (Å²) in [4.78, 5) is 0. The highest BCUT2D eigenvalue weighted by atomic mass is 16.3. The van der Waals surface area contributed by atoms with E-state index in [1.165, 1.54) is 6.42 Å². The molecule has 5 saturated carbocycles. The maximum absolute atomic E-state index is 9.61. The van der Waals surface area contributed by atoms with Gasteiger partial charge in [-0.1, -0.05) is 0 Å². The molecule has 0 aromatic rings. The Morgan fingerprint density at radius 2 is 1.60 bits per heavy atom. The first-order valence-corrected chi connectivity index (χ1v) is 4.56. The molecule has 5 aliphatic carbocycles. The van der Waals surface area contributed by atoms with Gasteiger partial charge in [-0.3, -0.25) is 0 Å². The van der Waals surface area contributed by atoms with Gasteiger partial charge in [-0.25, -0.2) is 0 Å². The second kappa shape index (κ2) is 1.08. The fourth-order valence-corrected chi connectivity index (χ4v) is 4.70. The largest absolute Gasteiger partial charge is 0.393 e. The molecule has 54 valence electrons. The molecule has 5 aliphatic rings. The Morgan fingerprint density at radius 1 is 0.800 bits per heavy atom. The molecule has 6 bridgehead atoms. The maximum Gasteiger partial charge on any atom is 0.0576 e. The van der Waals surface area contributed by atoms with Gasteiger partial charge in [0.1, 0.15) is 0 Å². The number of aliphatic hydroxyl groups is 1. The molecule has 1 nitrogen and oxygen atoms in total. The van der Waals surface area contributed by atoms with Crippen molar-refractivity contribution in [1.82, 2.24) is 0 Å². The van der Waals surface area contributed by atoms with Crippen molar-refractivity contribution in [3.05, 3.63) is 0 Å². The molecular weight excluding hydrogens is 124 g/mol. The van der Waals surface area contributed by atoms with Crippen molar-refractivity contribution in [3.8, 4) is 0 Å². The van der Waals surface area contributed by atoms with Crippen LogP contribution in [0.5, 0.6) is 0 Å².